The average Bonchev–Trinajstić information content (AvgIpc) is 3.22. The number of ether oxygens (including phenoxy) is 1. The summed E-state index contributed by atoms with van der Waals surface area (Å²) in [6.07, 6.45) is 3.68. The highest BCUT2D eigenvalue weighted by Crippen LogP contribution is 2.32. The van der Waals surface area contributed by atoms with Crippen molar-refractivity contribution in [3.8, 4) is 5.75 Å². The Morgan fingerprint density at radius 3 is 2.87 bits per heavy atom. The Bertz CT molecular complexity index is 1060. The van der Waals surface area contributed by atoms with Crippen molar-refractivity contribution in [2.75, 3.05) is 30.4 Å². The first-order chi connectivity index (χ1) is 14.3. The van der Waals surface area contributed by atoms with E-state index in [2.05, 4.69) is 41.0 Å². The van der Waals surface area contributed by atoms with Gasteiger partial charge in [0.15, 0.2) is 5.13 Å². The van der Waals surface area contributed by atoms with Gasteiger partial charge in [-0.1, -0.05) is 20.8 Å². The van der Waals surface area contributed by atoms with Crippen molar-refractivity contribution in [3.63, 3.8) is 0 Å². The van der Waals surface area contributed by atoms with E-state index in [1.165, 1.54) is 11.3 Å². The number of thiazole rings is 1. The number of hydrogen-bond acceptors (Lipinski definition) is 6. The summed E-state index contributed by atoms with van der Waals surface area (Å²) in [4.78, 5) is 24.3. The number of carbonyl (C=O) groups is 1. The molecule has 1 fully saturated rings. The van der Waals surface area contributed by atoms with Crippen molar-refractivity contribution in [1.29, 1.82) is 0 Å². The number of methoxy groups -OCH3 is 1. The van der Waals surface area contributed by atoms with Gasteiger partial charge in [-0.05, 0) is 37.1 Å². The second kappa shape index (κ2) is 8.22. The van der Waals surface area contributed by atoms with Gasteiger partial charge in [-0.25, -0.2) is 4.98 Å². The molecule has 0 saturated carbocycles. The Morgan fingerprint density at radius 1 is 1.30 bits per heavy atom. The minimum Gasteiger partial charge on any atom is -0.497 e. The molecular formula is C23H28N4O2S. The van der Waals surface area contributed by atoms with Crippen LogP contribution in [-0.2, 0) is 10.2 Å². The third-order valence-corrected chi connectivity index (χ3v) is 6.32. The fourth-order valence-electron chi connectivity index (χ4n) is 3.81. The number of aromatic nitrogens is 2. The Hall–Kier alpha value is -2.67. The molecule has 1 saturated heterocycles. The summed E-state index contributed by atoms with van der Waals surface area (Å²) in [5, 5.41) is 6.80. The number of fused-ring (bicyclic) bond motifs is 1. The van der Waals surface area contributed by atoms with Crippen LogP contribution in [0, 0.1) is 5.92 Å². The van der Waals surface area contributed by atoms with E-state index in [4.69, 9.17) is 4.74 Å². The van der Waals surface area contributed by atoms with Gasteiger partial charge in [0.2, 0.25) is 5.91 Å². The predicted octanol–water partition coefficient (Wildman–Crippen LogP) is 4.85. The Morgan fingerprint density at radius 2 is 2.13 bits per heavy atom. The molecule has 1 aromatic carbocycles. The van der Waals surface area contributed by atoms with Gasteiger partial charge in [0, 0.05) is 41.2 Å². The molecular weight excluding hydrogens is 396 g/mol. The Kier molecular flexibility index (Phi) is 5.64. The number of carbonyl (C=O) groups excluding carboxylic acids is 1. The molecule has 3 aromatic rings. The van der Waals surface area contributed by atoms with Gasteiger partial charge in [-0.3, -0.25) is 9.78 Å². The fraction of sp³-hybridized carbons (Fsp3) is 0.435. The molecule has 0 bridgehead atoms. The van der Waals surface area contributed by atoms with E-state index in [0.717, 1.165) is 47.4 Å². The lowest BCUT2D eigenvalue weighted by Crippen LogP contribution is -2.40. The number of amides is 1. The summed E-state index contributed by atoms with van der Waals surface area (Å²) in [5.74, 6) is 0.779. The quantitative estimate of drug-likeness (QED) is 0.648. The van der Waals surface area contributed by atoms with E-state index < -0.39 is 0 Å². The first-order valence-corrected chi connectivity index (χ1v) is 11.2. The van der Waals surface area contributed by atoms with Crippen molar-refractivity contribution in [1.82, 2.24) is 9.97 Å². The lowest BCUT2D eigenvalue weighted by Gasteiger charge is -2.34. The van der Waals surface area contributed by atoms with Crippen molar-refractivity contribution in [2.45, 2.75) is 39.0 Å². The first-order valence-electron chi connectivity index (χ1n) is 10.3. The fourth-order valence-corrected chi connectivity index (χ4v) is 4.75. The monoisotopic (exact) mass is 424 g/mol. The van der Waals surface area contributed by atoms with Crippen molar-refractivity contribution in [3.05, 3.63) is 41.5 Å². The number of anilines is 2. The van der Waals surface area contributed by atoms with Gasteiger partial charge in [0.1, 0.15) is 5.75 Å². The van der Waals surface area contributed by atoms with Crippen LogP contribution < -0.4 is 15.0 Å². The lowest BCUT2D eigenvalue weighted by molar-refractivity contribution is -0.120. The van der Waals surface area contributed by atoms with Gasteiger partial charge in [0.25, 0.3) is 0 Å². The number of piperidine rings is 1. The smallest absolute Gasteiger partial charge is 0.231 e. The number of pyridine rings is 1. The molecule has 1 amide bonds. The summed E-state index contributed by atoms with van der Waals surface area (Å²) in [5.41, 5.74) is 3.01. The predicted molar refractivity (Wildman–Crippen MR) is 123 cm³/mol. The Labute approximate surface area is 181 Å². The highest BCUT2D eigenvalue weighted by atomic mass is 32.1. The van der Waals surface area contributed by atoms with Gasteiger partial charge >= 0.3 is 0 Å². The summed E-state index contributed by atoms with van der Waals surface area (Å²) in [7, 11) is 1.67. The van der Waals surface area contributed by atoms with E-state index in [1.54, 1.807) is 7.11 Å². The molecule has 30 heavy (non-hydrogen) atoms. The van der Waals surface area contributed by atoms with E-state index in [0.29, 0.717) is 11.7 Å². The molecule has 4 rings (SSSR count). The standard InChI is InChI=1S/C23H28N4O2S/c1-23(2,3)20-14-30-22(25-20)26-21(28)15-6-5-11-27(13-15)19-9-10-24-18-8-7-16(29-4)12-17(18)19/h7-10,12,14-15H,5-6,11,13H2,1-4H3,(H,25,26,28). The molecule has 1 aliphatic heterocycles. The molecule has 7 heteroatoms. The van der Waals surface area contributed by atoms with E-state index in [-0.39, 0.29) is 17.2 Å². The molecule has 158 valence electrons. The number of nitrogens with zero attached hydrogens (tertiary/aromatic N) is 3. The number of hydrogen-bond donors (Lipinski definition) is 1. The molecule has 6 nitrogen and oxygen atoms in total. The molecule has 0 aliphatic carbocycles. The maximum Gasteiger partial charge on any atom is 0.231 e. The maximum absolute atomic E-state index is 13.0. The van der Waals surface area contributed by atoms with E-state index >= 15 is 0 Å². The maximum atomic E-state index is 13.0. The molecule has 1 aliphatic rings. The van der Waals surface area contributed by atoms with Crippen LogP contribution in [-0.4, -0.2) is 36.1 Å². The number of rotatable bonds is 4. The highest BCUT2D eigenvalue weighted by molar-refractivity contribution is 7.13. The van der Waals surface area contributed by atoms with E-state index in [1.807, 2.05) is 35.8 Å². The van der Waals surface area contributed by atoms with Crippen LogP contribution in [0.25, 0.3) is 10.9 Å². The van der Waals surface area contributed by atoms with Crippen molar-refractivity contribution in [2.24, 2.45) is 5.92 Å². The van der Waals surface area contributed by atoms with Gasteiger partial charge in [-0.2, -0.15) is 0 Å². The zero-order valence-electron chi connectivity index (χ0n) is 17.9. The third-order valence-electron chi connectivity index (χ3n) is 5.56. The molecule has 0 spiro atoms. The number of nitrogens with one attached hydrogen (secondary N) is 1. The first kappa shape index (κ1) is 20.6. The lowest BCUT2D eigenvalue weighted by atomic mass is 9.93. The minimum atomic E-state index is -0.0745. The van der Waals surface area contributed by atoms with Crippen molar-refractivity contribution >= 4 is 39.0 Å². The van der Waals surface area contributed by atoms with Crippen molar-refractivity contribution < 1.29 is 9.53 Å². The zero-order chi connectivity index (χ0) is 21.3. The minimum absolute atomic E-state index is 0.0232. The molecule has 1 atom stereocenters. The highest BCUT2D eigenvalue weighted by Gasteiger charge is 2.28. The normalized spacial score (nSPS) is 17.2. The summed E-state index contributed by atoms with van der Waals surface area (Å²) in [6, 6.07) is 7.94. The molecule has 1 unspecified atom stereocenters. The second-order valence-electron chi connectivity index (χ2n) is 8.78. The Balaban J connectivity index is 1.51. The van der Waals surface area contributed by atoms with Gasteiger partial charge in [0.05, 0.1) is 24.2 Å². The second-order valence-corrected chi connectivity index (χ2v) is 9.63. The van der Waals surface area contributed by atoms with Crippen LogP contribution in [0.3, 0.4) is 0 Å². The van der Waals surface area contributed by atoms with E-state index in [9.17, 15) is 4.79 Å². The largest absolute Gasteiger partial charge is 0.497 e. The zero-order valence-corrected chi connectivity index (χ0v) is 18.8. The third kappa shape index (κ3) is 4.26. The molecule has 0 radical (unpaired) electrons. The van der Waals surface area contributed by atoms with Crippen LogP contribution in [0.15, 0.2) is 35.8 Å². The van der Waals surface area contributed by atoms with Crippen LogP contribution in [0.1, 0.15) is 39.3 Å². The summed E-state index contributed by atoms with van der Waals surface area (Å²) < 4.78 is 5.40. The molecule has 3 heterocycles. The van der Waals surface area contributed by atoms with Crippen LogP contribution in [0.2, 0.25) is 0 Å². The molecule has 2 aromatic heterocycles. The number of benzene rings is 1. The van der Waals surface area contributed by atoms with Crippen LogP contribution in [0.5, 0.6) is 5.75 Å². The van der Waals surface area contributed by atoms with Crippen LogP contribution >= 0.6 is 11.3 Å². The van der Waals surface area contributed by atoms with Gasteiger partial charge in [-0.15, -0.1) is 11.3 Å². The SMILES string of the molecule is COc1ccc2nccc(N3CCCC(C(=O)Nc4nc(C(C)(C)C)cs4)C3)c2c1. The topological polar surface area (TPSA) is 67.3 Å². The summed E-state index contributed by atoms with van der Waals surface area (Å²) >= 11 is 1.49. The average molecular weight is 425 g/mol. The molecule has 1 N–H and O–H groups in total. The summed E-state index contributed by atoms with van der Waals surface area (Å²) in [6.45, 7) is 7.98. The van der Waals surface area contributed by atoms with Gasteiger partial charge < -0.3 is 15.0 Å². The van der Waals surface area contributed by atoms with Crippen LogP contribution in [0.4, 0.5) is 10.8 Å².